The van der Waals surface area contributed by atoms with Gasteiger partial charge in [-0.25, -0.2) is 0 Å². The maximum atomic E-state index is 9.41. The number of nitriles is 1. The molecule has 2 rings (SSSR count). The normalized spacial score (nSPS) is 14.2. The predicted octanol–water partition coefficient (Wildman–Crippen LogP) is 3.04. The Morgan fingerprint density at radius 3 is 2.41 bits per heavy atom. The van der Waals surface area contributed by atoms with Crippen molar-refractivity contribution < 1.29 is 9.47 Å². The van der Waals surface area contributed by atoms with Crippen LogP contribution in [0.1, 0.15) is 32.3 Å². The van der Waals surface area contributed by atoms with Crippen molar-refractivity contribution in [3.8, 4) is 17.6 Å². The summed E-state index contributed by atoms with van der Waals surface area (Å²) in [6.07, 6.45) is 1.61. The predicted molar refractivity (Wildman–Crippen MR) is 65.3 cm³/mol. The van der Waals surface area contributed by atoms with E-state index >= 15 is 0 Å². The fraction of sp³-hybridized carbons (Fsp3) is 0.500. The molecule has 1 aliphatic rings. The van der Waals surface area contributed by atoms with E-state index in [2.05, 4.69) is 6.07 Å². The zero-order chi connectivity index (χ0) is 12.3. The number of ether oxygens (including phenoxy) is 2. The molecule has 0 saturated heterocycles. The van der Waals surface area contributed by atoms with E-state index in [-0.39, 0.29) is 0 Å². The summed E-state index contributed by atoms with van der Waals surface area (Å²) in [6.45, 7) is 5.26. The smallest absolute Gasteiger partial charge is 0.161 e. The average Bonchev–Trinajstić information content (AvgIpc) is 2.41. The molecule has 0 radical (unpaired) electrons. The van der Waals surface area contributed by atoms with Crippen molar-refractivity contribution in [2.75, 3.05) is 13.2 Å². The zero-order valence-electron chi connectivity index (χ0n) is 10.3. The van der Waals surface area contributed by atoms with Gasteiger partial charge >= 0.3 is 0 Å². The molecule has 1 aromatic carbocycles. The second-order valence-electron chi connectivity index (χ2n) is 4.26. The highest BCUT2D eigenvalue weighted by Crippen LogP contribution is 2.38. The molecule has 0 amide bonds. The first-order chi connectivity index (χ1) is 8.25. The van der Waals surface area contributed by atoms with Crippen molar-refractivity contribution in [2.45, 2.75) is 32.1 Å². The molecule has 0 aromatic heterocycles. The van der Waals surface area contributed by atoms with Crippen LogP contribution >= 0.6 is 0 Å². The van der Waals surface area contributed by atoms with E-state index in [9.17, 15) is 5.26 Å². The summed E-state index contributed by atoms with van der Waals surface area (Å²) in [7, 11) is 0. The molecule has 1 aliphatic heterocycles. The number of hydrogen-bond donors (Lipinski definition) is 0. The summed E-state index contributed by atoms with van der Waals surface area (Å²) in [5.41, 5.74) is 0.616. The molecule has 0 saturated carbocycles. The molecule has 0 atom stereocenters. The summed E-state index contributed by atoms with van der Waals surface area (Å²) in [4.78, 5) is 0. The highest BCUT2D eigenvalue weighted by molar-refractivity contribution is 5.47. The SMILES string of the molecule is CCC(C#N)(CC)c1ccc2c(c1)OCCO2. The monoisotopic (exact) mass is 231 g/mol. The van der Waals surface area contributed by atoms with Gasteiger partial charge < -0.3 is 9.47 Å². The van der Waals surface area contributed by atoms with Crippen molar-refractivity contribution in [1.29, 1.82) is 5.26 Å². The second kappa shape index (κ2) is 4.67. The fourth-order valence-corrected chi connectivity index (χ4v) is 2.22. The third-order valence-electron chi connectivity index (χ3n) is 3.52. The zero-order valence-corrected chi connectivity index (χ0v) is 10.3. The standard InChI is InChI=1S/C14H17NO2/c1-3-14(4-2,10-15)11-5-6-12-13(9-11)17-8-7-16-12/h5-6,9H,3-4,7-8H2,1-2H3. The average molecular weight is 231 g/mol. The molecule has 90 valence electrons. The van der Waals surface area contributed by atoms with E-state index in [0.717, 1.165) is 29.9 Å². The molecule has 0 unspecified atom stereocenters. The molecule has 0 spiro atoms. The van der Waals surface area contributed by atoms with Crippen LogP contribution in [-0.2, 0) is 5.41 Å². The quantitative estimate of drug-likeness (QED) is 0.803. The lowest BCUT2D eigenvalue weighted by molar-refractivity contribution is 0.171. The fourth-order valence-electron chi connectivity index (χ4n) is 2.22. The molecule has 1 heterocycles. The van der Waals surface area contributed by atoms with E-state index < -0.39 is 5.41 Å². The van der Waals surface area contributed by atoms with E-state index in [4.69, 9.17) is 9.47 Å². The molecule has 0 fully saturated rings. The first-order valence-corrected chi connectivity index (χ1v) is 6.07. The van der Waals surface area contributed by atoms with Gasteiger partial charge in [-0.2, -0.15) is 5.26 Å². The lowest BCUT2D eigenvalue weighted by atomic mass is 9.77. The Hall–Kier alpha value is -1.69. The van der Waals surface area contributed by atoms with Crippen LogP contribution in [0.2, 0.25) is 0 Å². The molecule has 1 aromatic rings. The number of rotatable bonds is 3. The van der Waals surface area contributed by atoms with Crippen LogP contribution in [0.15, 0.2) is 18.2 Å². The maximum absolute atomic E-state index is 9.41. The molecule has 3 nitrogen and oxygen atoms in total. The van der Waals surface area contributed by atoms with Crippen molar-refractivity contribution in [3.05, 3.63) is 23.8 Å². The molecular weight excluding hydrogens is 214 g/mol. The van der Waals surface area contributed by atoms with Crippen LogP contribution in [0.25, 0.3) is 0 Å². The minimum atomic E-state index is -0.407. The third-order valence-corrected chi connectivity index (χ3v) is 3.52. The van der Waals surface area contributed by atoms with E-state index in [0.29, 0.717) is 13.2 Å². The first-order valence-electron chi connectivity index (χ1n) is 6.07. The van der Waals surface area contributed by atoms with Gasteiger partial charge in [0, 0.05) is 0 Å². The van der Waals surface area contributed by atoms with E-state index in [1.165, 1.54) is 0 Å². The summed E-state index contributed by atoms with van der Waals surface area (Å²) in [6, 6.07) is 8.27. The summed E-state index contributed by atoms with van der Waals surface area (Å²) in [5.74, 6) is 1.54. The van der Waals surface area contributed by atoms with Gasteiger partial charge in [0.25, 0.3) is 0 Å². The van der Waals surface area contributed by atoms with Crippen LogP contribution in [0, 0.1) is 11.3 Å². The van der Waals surface area contributed by atoms with Crippen LogP contribution in [0.3, 0.4) is 0 Å². The van der Waals surface area contributed by atoms with Crippen LogP contribution in [0.4, 0.5) is 0 Å². The Morgan fingerprint density at radius 2 is 1.82 bits per heavy atom. The highest BCUT2D eigenvalue weighted by Gasteiger charge is 2.29. The van der Waals surface area contributed by atoms with Gasteiger partial charge in [-0.15, -0.1) is 0 Å². The van der Waals surface area contributed by atoms with Crippen LogP contribution < -0.4 is 9.47 Å². The van der Waals surface area contributed by atoms with Crippen molar-refractivity contribution in [3.63, 3.8) is 0 Å². The Kier molecular flexibility index (Phi) is 3.23. The molecule has 0 aliphatic carbocycles. The Bertz CT molecular complexity index is 444. The van der Waals surface area contributed by atoms with Gasteiger partial charge in [-0.3, -0.25) is 0 Å². The lowest BCUT2D eigenvalue weighted by Gasteiger charge is -2.26. The summed E-state index contributed by atoms with van der Waals surface area (Å²) < 4.78 is 11.0. The molecule has 0 bridgehead atoms. The lowest BCUT2D eigenvalue weighted by Crippen LogP contribution is -2.23. The Labute approximate surface area is 102 Å². The van der Waals surface area contributed by atoms with Crippen LogP contribution in [0.5, 0.6) is 11.5 Å². The van der Waals surface area contributed by atoms with Gasteiger partial charge in [0.15, 0.2) is 11.5 Å². The van der Waals surface area contributed by atoms with E-state index in [1.807, 2.05) is 32.0 Å². The van der Waals surface area contributed by atoms with Crippen molar-refractivity contribution in [2.24, 2.45) is 0 Å². The number of nitrogens with zero attached hydrogens (tertiary/aromatic N) is 1. The Balaban J connectivity index is 2.43. The number of hydrogen-bond acceptors (Lipinski definition) is 3. The van der Waals surface area contributed by atoms with Gasteiger partial charge in [0.05, 0.1) is 11.5 Å². The topological polar surface area (TPSA) is 42.2 Å². The maximum Gasteiger partial charge on any atom is 0.161 e. The molecule has 17 heavy (non-hydrogen) atoms. The number of benzene rings is 1. The second-order valence-corrected chi connectivity index (χ2v) is 4.26. The van der Waals surface area contributed by atoms with Gasteiger partial charge in [0.1, 0.15) is 13.2 Å². The van der Waals surface area contributed by atoms with E-state index in [1.54, 1.807) is 0 Å². The largest absolute Gasteiger partial charge is 0.486 e. The summed E-state index contributed by atoms with van der Waals surface area (Å²) in [5, 5.41) is 9.41. The van der Waals surface area contributed by atoms with Crippen molar-refractivity contribution >= 4 is 0 Å². The van der Waals surface area contributed by atoms with Crippen LogP contribution in [-0.4, -0.2) is 13.2 Å². The third kappa shape index (κ3) is 1.95. The van der Waals surface area contributed by atoms with Gasteiger partial charge in [-0.1, -0.05) is 19.9 Å². The minimum absolute atomic E-state index is 0.407. The molecular formula is C14H17NO2. The summed E-state index contributed by atoms with van der Waals surface area (Å²) >= 11 is 0. The highest BCUT2D eigenvalue weighted by atomic mass is 16.6. The number of fused-ring (bicyclic) bond motifs is 1. The van der Waals surface area contributed by atoms with Gasteiger partial charge in [-0.05, 0) is 30.5 Å². The minimum Gasteiger partial charge on any atom is -0.486 e. The van der Waals surface area contributed by atoms with Crippen molar-refractivity contribution in [1.82, 2.24) is 0 Å². The molecule has 0 N–H and O–H groups in total. The Morgan fingerprint density at radius 1 is 1.18 bits per heavy atom. The molecule has 3 heteroatoms. The first kappa shape index (κ1) is 11.8. The van der Waals surface area contributed by atoms with Gasteiger partial charge in [0.2, 0.25) is 0 Å².